The maximum atomic E-state index is 14.9. The van der Waals surface area contributed by atoms with Gasteiger partial charge in [0.25, 0.3) is 0 Å². The molecule has 0 spiro atoms. The van der Waals surface area contributed by atoms with E-state index in [1.165, 1.54) is 6.20 Å². The first-order chi connectivity index (χ1) is 13.2. The maximum absolute atomic E-state index is 14.9. The van der Waals surface area contributed by atoms with E-state index in [1.807, 2.05) is 11.9 Å². The fourth-order valence-corrected chi connectivity index (χ4v) is 3.99. The van der Waals surface area contributed by atoms with E-state index in [0.717, 1.165) is 25.3 Å². The number of carboxylic acids is 1. The van der Waals surface area contributed by atoms with E-state index >= 15 is 0 Å². The smallest absolute Gasteiger partial charge is 0.341 e. The number of aromatic carboxylic acids is 1. The molecule has 2 N–H and O–H groups in total. The molecule has 2 aliphatic rings. The highest BCUT2D eigenvalue weighted by Gasteiger charge is 2.36. The Labute approximate surface area is 162 Å². The summed E-state index contributed by atoms with van der Waals surface area (Å²) in [6.45, 7) is 5.61. The van der Waals surface area contributed by atoms with Crippen LogP contribution in [0.3, 0.4) is 0 Å². The zero-order chi connectivity index (χ0) is 20.2. The lowest BCUT2D eigenvalue weighted by Crippen LogP contribution is -2.45. The second kappa shape index (κ2) is 6.55. The van der Waals surface area contributed by atoms with Crippen molar-refractivity contribution in [1.29, 1.82) is 0 Å². The number of nitrogens with one attached hydrogen (secondary N) is 1. The molecular weight excluding hydrogens is 363 g/mol. The minimum absolute atomic E-state index is 0.0272. The van der Waals surface area contributed by atoms with Gasteiger partial charge in [0.1, 0.15) is 11.2 Å². The normalized spacial score (nSPS) is 20.1. The minimum atomic E-state index is -1.30. The number of rotatable bonds is 5. The molecule has 2 fully saturated rings. The molecule has 4 rings (SSSR count). The zero-order valence-electron chi connectivity index (χ0n) is 16.3. The Morgan fingerprint density at radius 3 is 2.68 bits per heavy atom. The van der Waals surface area contributed by atoms with Crippen molar-refractivity contribution < 1.29 is 14.3 Å². The molecule has 1 atom stereocenters. The van der Waals surface area contributed by atoms with Crippen molar-refractivity contribution in [3.8, 4) is 0 Å². The first kappa shape index (κ1) is 18.9. The van der Waals surface area contributed by atoms with Crippen LogP contribution >= 0.6 is 0 Å². The molecule has 1 aliphatic carbocycles. The second-order valence-electron chi connectivity index (χ2n) is 8.38. The number of halogens is 1. The third kappa shape index (κ3) is 3.05. The molecule has 0 radical (unpaired) electrons. The number of pyridine rings is 2. The lowest BCUT2D eigenvalue weighted by molar-refractivity contribution is 0.0695. The van der Waals surface area contributed by atoms with Gasteiger partial charge >= 0.3 is 5.97 Å². The summed E-state index contributed by atoms with van der Waals surface area (Å²) in [5, 5.41) is 12.7. The molecule has 28 heavy (non-hydrogen) atoms. The highest BCUT2D eigenvalue weighted by Crippen LogP contribution is 2.38. The largest absolute Gasteiger partial charge is 0.477 e. The zero-order valence-corrected chi connectivity index (χ0v) is 16.3. The van der Waals surface area contributed by atoms with E-state index in [2.05, 4.69) is 24.1 Å². The summed E-state index contributed by atoms with van der Waals surface area (Å²) < 4.78 is 16.7. The summed E-state index contributed by atoms with van der Waals surface area (Å²) in [6.07, 6.45) is 4.07. The molecule has 1 saturated carbocycles. The van der Waals surface area contributed by atoms with Gasteiger partial charge in [-0.15, -0.1) is 0 Å². The highest BCUT2D eigenvalue weighted by molar-refractivity contribution is 5.92. The van der Waals surface area contributed by atoms with Crippen LogP contribution in [-0.4, -0.2) is 46.3 Å². The molecule has 1 saturated heterocycles. The molecule has 2 aromatic rings. The van der Waals surface area contributed by atoms with E-state index < -0.39 is 17.2 Å². The van der Waals surface area contributed by atoms with Crippen LogP contribution in [0, 0.1) is 11.7 Å². The Kier molecular flexibility index (Phi) is 4.41. The van der Waals surface area contributed by atoms with Gasteiger partial charge in [0.05, 0.1) is 5.39 Å². The average molecular weight is 388 g/mol. The van der Waals surface area contributed by atoms with Crippen molar-refractivity contribution in [1.82, 2.24) is 14.9 Å². The number of nitrogens with zero attached hydrogens (tertiary/aromatic N) is 3. The number of aromatic nitrogens is 2. The number of carboxylic acid groups (broad SMARTS) is 1. The van der Waals surface area contributed by atoms with Crippen molar-refractivity contribution in [3.05, 3.63) is 33.9 Å². The molecule has 0 unspecified atom stereocenters. The quantitative estimate of drug-likeness (QED) is 0.818. The van der Waals surface area contributed by atoms with Crippen LogP contribution in [-0.2, 0) is 0 Å². The Balaban J connectivity index is 1.81. The predicted molar refractivity (Wildman–Crippen MR) is 105 cm³/mol. The molecular formula is C20H25FN4O3. The summed E-state index contributed by atoms with van der Waals surface area (Å²) in [4.78, 5) is 30.4. The topological polar surface area (TPSA) is 87.5 Å². The molecule has 3 heterocycles. The van der Waals surface area contributed by atoms with E-state index in [9.17, 15) is 19.1 Å². The summed E-state index contributed by atoms with van der Waals surface area (Å²) in [6, 6.07) is 1.27. The second-order valence-corrected chi connectivity index (χ2v) is 8.38. The van der Waals surface area contributed by atoms with Crippen molar-refractivity contribution in [2.24, 2.45) is 5.92 Å². The fourth-order valence-electron chi connectivity index (χ4n) is 3.99. The lowest BCUT2D eigenvalue weighted by Gasteiger charge is -2.31. The van der Waals surface area contributed by atoms with E-state index in [-0.39, 0.29) is 28.3 Å². The van der Waals surface area contributed by atoms with Gasteiger partial charge in [0.2, 0.25) is 5.43 Å². The third-order valence-corrected chi connectivity index (χ3v) is 6.26. The first-order valence-electron chi connectivity index (χ1n) is 9.65. The first-order valence-corrected chi connectivity index (χ1v) is 9.65. The SMILES string of the molecule is CNC(C)(C)[C@@H]1CCN(c2nc3c(cc2F)c(=O)c(C(=O)O)cn3C2CC2)C1. The number of anilines is 1. The predicted octanol–water partition coefficient (Wildman–Crippen LogP) is 2.39. The molecule has 150 valence electrons. The van der Waals surface area contributed by atoms with Gasteiger partial charge in [-0.3, -0.25) is 4.79 Å². The van der Waals surface area contributed by atoms with Crippen LogP contribution in [0.5, 0.6) is 0 Å². The van der Waals surface area contributed by atoms with E-state index in [0.29, 0.717) is 24.7 Å². The van der Waals surface area contributed by atoms with Gasteiger partial charge in [-0.1, -0.05) is 0 Å². The average Bonchev–Trinajstić information content (AvgIpc) is 3.37. The van der Waals surface area contributed by atoms with Crippen LogP contribution < -0.4 is 15.6 Å². The molecule has 0 bridgehead atoms. The monoisotopic (exact) mass is 388 g/mol. The maximum Gasteiger partial charge on any atom is 0.341 e. The van der Waals surface area contributed by atoms with Gasteiger partial charge in [0, 0.05) is 30.9 Å². The molecule has 0 amide bonds. The van der Waals surface area contributed by atoms with Gasteiger partial charge in [0.15, 0.2) is 11.6 Å². The molecule has 7 nitrogen and oxygen atoms in total. The Bertz CT molecular complexity index is 1010. The number of hydrogen-bond donors (Lipinski definition) is 2. The van der Waals surface area contributed by atoms with Crippen molar-refractivity contribution >= 4 is 22.8 Å². The Morgan fingerprint density at radius 2 is 2.07 bits per heavy atom. The molecule has 1 aliphatic heterocycles. The van der Waals surface area contributed by atoms with Gasteiger partial charge in [-0.05, 0) is 52.1 Å². The minimum Gasteiger partial charge on any atom is -0.477 e. The number of fused-ring (bicyclic) bond motifs is 1. The Hall–Kier alpha value is -2.48. The van der Waals surface area contributed by atoms with Gasteiger partial charge in [-0.2, -0.15) is 0 Å². The van der Waals surface area contributed by atoms with Gasteiger partial charge in [-0.25, -0.2) is 14.2 Å². The van der Waals surface area contributed by atoms with E-state index in [1.54, 1.807) is 4.57 Å². The van der Waals surface area contributed by atoms with Crippen LogP contribution in [0.4, 0.5) is 10.2 Å². The van der Waals surface area contributed by atoms with E-state index in [4.69, 9.17) is 0 Å². The fraction of sp³-hybridized carbons (Fsp3) is 0.550. The number of carbonyl (C=O) groups is 1. The summed E-state index contributed by atoms with van der Waals surface area (Å²) in [5.74, 6) is -1.31. The van der Waals surface area contributed by atoms with Crippen molar-refractivity contribution in [2.75, 3.05) is 25.0 Å². The van der Waals surface area contributed by atoms with Crippen LogP contribution in [0.2, 0.25) is 0 Å². The van der Waals surface area contributed by atoms with Crippen molar-refractivity contribution in [2.45, 2.75) is 44.7 Å². The molecule has 2 aromatic heterocycles. The standard InChI is InChI=1S/C20H25FN4O3/c1-20(2,22-3)11-6-7-24(9-11)18-15(21)8-13-16(26)14(19(27)28)10-25(12-4-5-12)17(13)23-18/h8,10-12,22H,4-7,9H2,1-3H3,(H,27,28)/t11-/m1/s1. The number of hydrogen-bond acceptors (Lipinski definition) is 5. The molecule has 0 aromatic carbocycles. The summed E-state index contributed by atoms with van der Waals surface area (Å²) >= 11 is 0. The van der Waals surface area contributed by atoms with Crippen LogP contribution in [0.15, 0.2) is 17.1 Å². The summed E-state index contributed by atoms with van der Waals surface area (Å²) in [5.41, 5.74) is -0.738. The van der Waals surface area contributed by atoms with Crippen LogP contribution in [0.25, 0.3) is 11.0 Å². The van der Waals surface area contributed by atoms with Gasteiger partial charge < -0.3 is 19.9 Å². The highest BCUT2D eigenvalue weighted by atomic mass is 19.1. The lowest BCUT2D eigenvalue weighted by atomic mass is 9.87. The third-order valence-electron chi connectivity index (χ3n) is 6.26. The van der Waals surface area contributed by atoms with Crippen LogP contribution in [0.1, 0.15) is 49.5 Å². The Morgan fingerprint density at radius 1 is 1.36 bits per heavy atom. The summed E-state index contributed by atoms with van der Waals surface area (Å²) in [7, 11) is 1.92. The molecule has 8 heteroatoms. The van der Waals surface area contributed by atoms with Crippen molar-refractivity contribution in [3.63, 3.8) is 0 Å².